The monoisotopic (exact) mass is 369 g/mol. The molecule has 70 valence electrons. The van der Waals surface area contributed by atoms with Crippen molar-refractivity contribution in [3.05, 3.63) is 34.3 Å². The Balaban J connectivity index is 3.00. The van der Waals surface area contributed by atoms with Gasteiger partial charge >= 0.3 is 0 Å². The summed E-state index contributed by atoms with van der Waals surface area (Å²) < 4.78 is 0.848. The van der Waals surface area contributed by atoms with E-state index >= 15 is 0 Å². The number of rotatable bonds is 2. The second-order valence-corrected chi connectivity index (χ2v) is 6.27. The molecule has 0 aliphatic rings. The van der Waals surface area contributed by atoms with E-state index < -0.39 is 0 Å². The predicted molar refractivity (Wildman–Crippen MR) is 64.1 cm³/mol. The van der Waals surface area contributed by atoms with Gasteiger partial charge in [0.1, 0.15) is 9.45 Å². The largest absolute Gasteiger partial charge is 0.411 e. The molecule has 2 nitrogen and oxygen atoms in total. The van der Waals surface area contributed by atoms with Gasteiger partial charge in [0.25, 0.3) is 0 Å². The van der Waals surface area contributed by atoms with Gasteiger partial charge in [0, 0.05) is 10.0 Å². The Morgan fingerprint density at radius 1 is 1.23 bits per heavy atom. The molecule has 0 amide bonds. The molecule has 1 aromatic carbocycles. The van der Waals surface area contributed by atoms with Crippen molar-refractivity contribution in [2.24, 2.45) is 5.16 Å². The first kappa shape index (κ1) is 11.2. The lowest BCUT2D eigenvalue weighted by atomic mass is 10.1. The highest BCUT2D eigenvalue weighted by molar-refractivity contribution is 9.25. The lowest BCUT2D eigenvalue weighted by molar-refractivity contribution is 0.319. The van der Waals surface area contributed by atoms with Gasteiger partial charge < -0.3 is 5.21 Å². The summed E-state index contributed by atoms with van der Waals surface area (Å²) in [5.41, 5.74) is 1.41. The van der Waals surface area contributed by atoms with Crippen LogP contribution in [0.4, 0.5) is 0 Å². The molecular formula is C8H6Br3NO. The summed E-state index contributed by atoms with van der Waals surface area (Å²) in [4.78, 5) is 0. The Labute approximate surface area is 101 Å². The summed E-state index contributed by atoms with van der Waals surface area (Å²) in [6, 6.07) is 7.52. The lowest BCUT2D eigenvalue weighted by Crippen LogP contribution is -2.08. The highest BCUT2D eigenvalue weighted by Crippen LogP contribution is 2.18. The van der Waals surface area contributed by atoms with Crippen LogP contribution in [0.5, 0.6) is 0 Å². The Morgan fingerprint density at radius 2 is 1.77 bits per heavy atom. The minimum Gasteiger partial charge on any atom is -0.411 e. The first-order chi connectivity index (χ1) is 6.15. The summed E-state index contributed by atoms with van der Waals surface area (Å²) in [5.74, 6) is 0. The molecule has 1 rings (SSSR count). The van der Waals surface area contributed by atoms with Crippen molar-refractivity contribution in [3.8, 4) is 0 Å². The Kier molecular flexibility index (Phi) is 4.41. The SMILES string of the molecule is O/N=C(/c1ccc(Br)cc1)C(Br)Br. The van der Waals surface area contributed by atoms with Crippen molar-refractivity contribution in [2.75, 3.05) is 0 Å². The van der Waals surface area contributed by atoms with Gasteiger partial charge in [0.15, 0.2) is 0 Å². The zero-order valence-electron chi connectivity index (χ0n) is 6.42. The van der Waals surface area contributed by atoms with Gasteiger partial charge in [-0.3, -0.25) is 0 Å². The quantitative estimate of drug-likeness (QED) is 0.365. The Bertz CT molecular complexity index is 308. The van der Waals surface area contributed by atoms with Crippen molar-refractivity contribution in [2.45, 2.75) is 3.74 Å². The average Bonchev–Trinajstić information content (AvgIpc) is 2.09. The zero-order valence-corrected chi connectivity index (χ0v) is 11.2. The first-order valence-electron chi connectivity index (χ1n) is 3.41. The Morgan fingerprint density at radius 3 is 2.15 bits per heavy atom. The van der Waals surface area contributed by atoms with E-state index in [0.717, 1.165) is 10.0 Å². The molecule has 0 heterocycles. The van der Waals surface area contributed by atoms with Crippen LogP contribution in [0.15, 0.2) is 33.9 Å². The van der Waals surface area contributed by atoms with Gasteiger partial charge in [-0.15, -0.1) is 0 Å². The van der Waals surface area contributed by atoms with Gasteiger partial charge in [-0.25, -0.2) is 0 Å². The van der Waals surface area contributed by atoms with Crippen LogP contribution in [0.1, 0.15) is 5.56 Å². The maximum Gasteiger partial charge on any atom is 0.116 e. The maximum absolute atomic E-state index is 8.74. The molecule has 0 radical (unpaired) electrons. The summed E-state index contributed by atoms with van der Waals surface area (Å²) >= 11 is 9.87. The second kappa shape index (κ2) is 5.12. The highest BCUT2D eigenvalue weighted by atomic mass is 79.9. The molecule has 0 saturated heterocycles. The van der Waals surface area contributed by atoms with E-state index in [1.165, 1.54) is 0 Å². The average molecular weight is 372 g/mol. The van der Waals surface area contributed by atoms with Crippen LogP contribution < -0.4 is 0 Å². The molecule has 0 fully saturated rings. The predicted octanol–water partition coefficient (Wildman–Crippen LogP) is 3.74. The number of alkyl halides is 2. The molecule has 5 heteroatoms. The highest BCUT2D eigenvalue weighted by Gasteiger charge is 2.11. The van der Waals surface area contributed by atoms with E-state index in [2.05, 4.69) is 52.9 Å². The molecular weight excluding hydrogens is 366 g/mol. The van der Waals surface area contributed by atoms with Gasteiger partial charge in [0.2, 0.25) is 0 Å². The number of hydrogen-bond donors (Lipinski definition) is 1. The third-order valence-electron chi connectivity index (χ3n) is 1.45. The van der Waals surface area contributed by atoms with Crippen LogP contribution in [0.2, 0.25) is 0 Å². The van der Waals surface area contributed by atoms with Crippen LogP contribution in [0.3, 0.4) is 0 Å². The van der Waals surface area contributed by atoms with Crippen molar-refractivity contribution >= 4 is 53.5 Å². The first-order valence-corrected chi connectivity index (χ1v) is 6.03. The molecule has 0 unspecified atom stereocenters. The maximum atomic E-state index is 8.74. The number of benzene rings is 1. The van der Waals surface area contributed by atoms with Gasteiger partial charge in [-0.05, 0) is 12.1 Å². The smallest absolute Gasteiger partial charge is 0.116 e. The summed E-state index contributed by atoms with van der Waals surface area (Å²) in [7, 11) is 0. The summed E-state index contributed by atoms with van der Waals surface area (Å²) in [6.45, 7) is 0. The van der Waals surface area contributed by atoms with Gasteiger partial charge in [-0.1, -0.05) is 65.1 Å². The van der Waals surface area contributed by atoms with Crippen molar-refractivity contribution in [1.29, 1.82) is 0 Å². The topological polar surface area (TPSA) is 32.6 Å². The molecule has 1 aromatic rings. The van der Waals surface area contributed by atoms with Gasteiger partial charge in [-0.2, -0.15) is 0 Å². The summed E-state index contributed by atoms with van der Waals surface area (Å²) in [6.07, 6.45) is 0. The fourth-order valence-electron chi connectivity index (χ4n) is 0.848. The van der Waals surface area contributed by atoms with E-state index in [1.807, 2.05) is 24.3 Å². The fourth-order valence-corrected chi connectivity index (χ4v) is 1.82. The fraction of sp³-hybridized carbons (Fsp3) is 0.125. The Hall–Kier alpha value is 0.130. The number of oxime groups is 1. The molecule has 0 saturated carbocycles. The molecule has 0 aliphatic carbocycles. The van der Waals surface area contributed by atoms with E-state index in [1.54, 1.807) is 0 Å². The van der Waals surface area contributed by atoms with Crippen molar-refractivity contribution in [1.82, 2.24) is 0 Å². The van der Waals surface area contributed by atoms with Gasteiger partial charge in [0.05, 0.1) is 0 Å². The molecule has 0 aromatic heterocycles. The third-order valence-corrected chi connectivity index (χ3v) is 2.85. The van der Waals surface area contributed by atoms with Crippen molar-refractivity contribution < 1.29 is 5.21 Å². The normalized spacial score (nSPS) is 12.2. The number of nitrogens with zero attached hydrogens (tertiary/aromatic N) is 1. The minimum absolute atomic E-state index is 0.147. The lowest BCUT2D eigenvalue weighted by Gasteiger charge is -2.04. The molecule has 13 heavy (non-hydrogen) atoms. The zero-order chi connectivity index (χ0) is 9.84. The van der Waals surface area contributed by atoms with E-state index in [0.29, 0.717) is 5.71 Å². The van der Waals surface area contributed by atoms with Crippen LogP contribution in [0, 0.1) is 0 Å². The second-order valence-electron chi connectivity index (χ2n) is 2.29. The molecule has 0 spiro atoms. The minimum atomic E-state index is -0.147. The van der Waals surface area contributed by atoms with E-state index in [-0.39, 0.29) is 3.74 Å². The van der Waals surface area contributed by atoms with Crippen LogP contribution in [-0.4, -0.2) is 14.7 Å². The molecule has 0 atom stereocenters. The molecule has 0 aliphatic heterocycles. The third kappa shape index (κ3) is 3.07. The van der Waals surface area contributed by atoms with Crippen LogP contribution in [-0.2, 0) is 0 Å². The number of halogens is 3. The standard InChI is InChI=1S/C8H6Br3NO/c9-6-3-1-5(2-4-6)7(12-13)8(10)11/h1-4,8,13H/b12-7-. The summed E-state index contributed by atoms with van der Waals surface area (Å²) in [5, 5.41) is 11.9. The van der Waals surface area contributed by atoms with E-state index in [9.17, 15) is 0 Å². The molecule has 1 N–H and O–H groups in total. The number of hydrogen-bond acceptors (Lipinski definition) is 2. The van der Waals surface area contributed by atoms with Crippen LogP contribution in [0.25, 0.3) is 0 Å². The van der Waals surface area contributed by atoms with E-state index in [4.69, 9.17) is 5.21 Å². The van der Waals surface area contributed by atoms with Crippen molar-refractivity contribution in [3.63, 3.8) is 0 Å². The molecule has 0 bridgehead atoms. The van der Waals surface area contributed by atoms with Crippen LogP contribution >= 0.6 is 47.8 Å².